The van der Waals surface area contributed by atoms with Gasteiger partial charge in [-0.1, -0.05) is 36.4 Å². The van der Waals surface area contributed by atoms with Crippen LogP contribution in [0.15, 0.2) is 54.0 Å². The van der Waals surface area contributed by atoms with Crippen LogP contribution in [0, 0.1) is 5.82 Å². The number of carbonyl (C=O) groups excluding carboxylic acids is 1. The van der Waals surface area contributed by atoms with Gasteiger partial charge in [-0.3, -0.25) is 0 Å². The average Bonchev–Trinajstić information content (AvgIpc) is 2.97. The number of rotatable bonds is 7. The summed E-state index contributed by atoms with van der Waals surface area (Å²) < 4.78 is 72.9. The number of hydrogen-bond acceptors (Lipinski definition) is 5. The zero-order chi connectivity index (χ0) is 25.9. The van der Waals surface area contributed by atoms with Gasteiger partial charge in [-0.2, -0.15) is 0 Å². The summed E-state index contributed by atoms with van der Waals surface area (Å²) in [5, 5.41) is 2.58. The van der Waals surface area contributed by atoms with Crippen molar-refractivity contribution in [2.75, 3.05) is 6.54 Å². The lowest BCUT2D eigenvalue weighted by Gasteiger charge is -2.32. The number of ether oxygens (including phenoxy) is 2. The maximum absolute atomic E-state index is 14.6. The zero-order valence-electron chi connectivity index (χ0n) is 19.7. The summed E-state index contributed by atoms with van der Waals surface area (Å²) >= 11 is 0. The van der Waals surface area contributed by atoms with Crippen LogP contribution >= 0.6 is 0 Å². The molecule has 188 valence electrons. The van der Waals surface area contributed by atoms with Crippen molar-refractivity contribution in [1.29, 1.82) is 0 Å². The van der Waals surface area contributed by atoms with Crippen LogP contribution in [-0.2, 0) is 20.7 Å². The molecule has 1 saturated heterocycles. The number of hydrogen-bond donors (Lipinski definition) is 1. The second kappa shape index (κ2) is 10.3. The van der Waals surface area contributed by atoms with Crippen LogP contribution in [0.4, 0.5) is 22.4 Å². The normalized spacial score (nSPS) is 17.3. The Balaban J connectivity index is 1.78. The fourth-order valence-electron chi connectivity index (χ4n) is 3.17. The molecule has 0 aromatic heterocycles. The van der Waals surface area contributed by atoms with Crippen molar-refractivity contribution in [3.05, 3.63) is 70.9 Å². The standard InChI is InChI=1S/C24H26BF4NO5/c1-22(2)23(3,4)35-25(34-22)18(14-30-21(31)32-15-16-8-6-5-7-9-16)12-17-10-11-19(13-20(17)26)33-24(27,28)29/h5-13H,14-15H2,1-4H3,(H,30,31). The molecule has 6 nitrogen and oxygen atoms in total. The first-order chi connectivity index (χ1) is 16.3. The number of benzene rings is 2. The molecule has 0 bridgehead atoms. The minimum Gasteiger partial charge on any atom is -0.445 e. The molecule has 0 saturated carbocycles. The molecule has 1 amide bonds. The highest BCUT2D eigenvalue weighted by Gasteiger charge is 2.52. The van der Waals surface area contributed by atoms with Gasteiger partial charge in [-0.05, 0) is 50.9 Å². The van der Waals surface area contributed by atoms with E-state index in [-0.39, 0.29) is 18.7 Å². The number of amides is 1. The van der Waals surface area contributed by atoms with E-state index >= 15 is 0 Å². The molecule has 0 unspecified atom stereocenters. The van der Waals surface area contributed by atoms with E-state index in [1.807, 2.05) is 45.9 Å². The van der Waals surface area contributed by atoms with E-state index in [0.29, 0.717) is 11.5 Å². The summed E-state index contributed by atoms with van der Waals surface area (Å²) in [6.07, 6.45) is -4.31. The molecule has 1 fully saturated rings. The summed E-state index contributed by atoms with van der Waals surface area (Å²) in [5.41, 5.74) is -0.332. The van der Waals surface area contributed by atoms with Crippen LogP contribution in [0.2, 0.25) is 0 Å². The first-order valence-corrected chi connectivity index (χ1v) is 10.8. The van der Waals surface area contributed by atoms with Gasteiger partial charge in [0.15, 0.2) is 0 Å². The summed E-state index contributed by atoms with van der Waals surface area (Å²) in [6, 6.07) is 11.8. The lowest BCUT2D eigenvalue weighted by Crippen LogP contribution is -2.41. The van der Waals surface area contributed by atoms with Crippen molar-refractivity contribution in [3.8, 4) is 5.75 Å². The molecular weight excluding hydrogens is 469 g/mol. The summed E-state index contributed by atoms with van der Waals surface area (Å²) in [4.78, 5) is 12.2. The second-order valence-corrected chi connectivity index (χ2v) is 8.95. The Morgan fingerprint density at radius 2 is 1.69 bits per heavy atom. The highest BCUT2D eigenvalue weighted by Crippen LogP contribution is 2.39. The second-order valence-electron chi connectivity index (χ2n) is 8.95. The Kier molecular flexibility index (Phi) is 7.81. The molecule has 1 heterocycles. The van der Waals surface area contributed by atoms with Gasteiger partial charge in [0.25, 0.3) is 0 Å². The molecule has 1 N–H and O–H groups in total. The molecule has 0 aliphatic carbocycles. The fraction of sp³-hybridized carbons (Fsp3) is 0.375. The third kappa shape index (κ3) is 7.22. The van der Waals surface area contributed by atoms with Crippen molar-refractivity contribution >= 4 is 19.3 Å². The minimum atomic E-state index is -4.94. The lowest BCUT2D eigenvalue weighted by molar-refractivity contribution is -0.274. The third-order valence-electron chi connectivity index (χ3n) is 5.75. The highest BCUT2D eigenvalue weighted by molar-refractivity contribution is 6.56. The quantitative estimate of drug-likeness (QED) is 0.397. The third-order valence-corrected chi connectivity index (χ3v) is 5.75. The number of alkyl halides is 3. The smallest absolute Gasteiger partial charge is 0.445 e. The van der Waals surface area contributed by atoms with Crippen molar-refractivity contribution in [2.24, 2.45) is 0 Å². The fourth-order valence-corrected chi connectivity index (χ4v) is 3.17. The first kappa shape index (κ1) is 26.6. The minimum absolute atomic E-state index is 0.0383. The van der Waals surface area contributed by atoms with E-state index in [4.69, 9.17) is 14.0 Å². The number of halogens is 4. The van der Waals surface area contributed by atoms with Gasteiger partial charge in [-0.25, -0.2) is 9.18 Å². The van der Waals surface area contributed by atoms with E-state index < -0.39 is 42.3 Å². The number of nitrogens with one attached hydrogen (secondary N) is 1. The Morgan fingerprint density at radius 3 is 2.26 bits per heavy atom. The molecule has 1 aliphatic heterocycles. The van der Waals surface area contributed by atoms with E-state index in [9.17, 15) is 22.4 Å². The van der Waals surface area contributed by atoms with Crippen LogP contribution in [0.3, 0.4) is 0 Å². The van der Waals surface area contributed by atoms with Gasteiger partial charge < -0.3 is 24.1 Å². The lowest BCUT2D eigenvalue weighted by atomic mass is 9.77. The Morgan fingerprint density at radius 1 is 1.06 bits per heavy atom. The Bertz CT molecular complexity index is 1060. The average molecular weight is 495 g/mol. The molecule has 0 atom stereocenters. The maximum atomic E-state index is 14.6. The monoisotopic (exact) mass is 495 g/mol. The van der Waals surface area contributed by atoms with Gasteiger partial charge in [0.1, 0.15) is 18.2 Å². The molecule has 2 aromatic rings. The summed E-state index contributed by atoms with van der Waals surface area (Å²) in [7, 11) is -0.945. The first-order valence-electron chi connectivity index (χ1n) is 10.8. The van der Waals surface area contributed by atoms with Crippen LogP contribution in [0.25, 0.3) is 6.08 Å². The molecule has 2 aromatic carbocycles. The van der Waals surface area contributed by atoms with Crippen LogP contribution in [0.1, 0.15) is 38.8 Å². The largest absolute Gasteiger partial charge is 0.573 e. The Hall–Kier alpha value is -3.05. The molecule has 11 heteroatoms. The molecular formula is C24H26BF4NO5. The SMILES string of the molecule is CC1(C)OB(C(=Cc2ccc(OC(F)(F)F)cc2F)CNC(=O)OCc2ccccc2)OC1(C)C. The molecule has 3 rings (SSSR count). The van der Waals surface area contributed by atoms with Crippen molar-refractivity contribution in [3.63, 3.8) is 0 Å². The molecule has 0 spiro atoms. The number of alkyl carbamates (subject to hydrolysis) is 1. The van der Waals surface area contributed by atoms with E-state index in [2.05, 4.69) is 10.1 Å². The number of carbonyl (C=O) groups is 1. The molecule has 35 heavy (non-hydrogen) atoms. The van der Waals surface area contributed by atoms with Gasteiger partial charge in [0.2, 0.25) is 0 Å². The topological polar surface area (TPSA) is 66.0 Å². The van der Waals surface area contributed by atoms with Crippen LogP contribution < -0.4 is 10.1 Å². The van der Waals surface area contributed by atoms with E-state index in [1.54, 1.807) is 12.1 Å². The van der Waals surface area contributed by atoms with Crippen molar-refractivity contribution in [2.45, 2.75) is 51.9 Å². The Labute approximate surface area is 201 Å². The van der Waals surface area contributed by atoms with Gasteiger partial charge in [0, 0.05) is 18.2 Å². The predicted molar refractivity (Wildman–Crippen MR) is 122 cm³/mol. The highest BCUT2D eigenvalue weighted by atomic mass is 19.4. The summed E-state index contributed by atoms with van der Waals surface area (Å²) in [5.74, 6) is -1.64. The van der Waals surface area contributed by atoms with Gasteiger partial charge >= 0.3 is 19.6 Å². The van der Waals surface area contributed by atoms with E-state index in [1.165, 1.54) is 6.08 Å². The van der Waals surface area contributed by atoms with Crippen LogP contribution in [0.5, 0.6) is 5.75 Å². The molecule has 1 aliphatic rings. The van der Waals surface area contributed by atoms with Crippen molar-refractivity contribution in [1.82, 2.24) is 5.32 Å². The van der Waals surface area contributed by atoms with Crippen LogP contribution in [-0.4, -0.2) is 37.3 Å². The zero-order valence-corrected chi connectivity index (χ0v) is 19.7. The van der Waals surface area contributed by atoms with Gasteiger partial charge in [-0.15, -0.1) is 13.2 Å². The van der Waals surface area contributed by atoms with Gasteiger partial charge in [0.05, 0.1) is 11.2 Å². The summed E-state index contributed by atoms with van der Waals surface area (Å²) in [6.45, 7) is 7.25. The van der Waals surface area contributed by atoms with Crippen molar-refractivity contribution < 1.29 is 41.1 Å². The molecule has 0 radical (unpaired) electrons. The maximum Gasteiger partial charge on any atom is 0.573 e. The predicted octanol–water partition coefficient (Wildman–Crippen LogP) is 5.67. The van der Waals surface area contributed by atoms with E-state index in [0.717, 1.165) is 17.7 Å².